The maximum atomic E-state index is 14.5. The van der Waals surface area contributed by atoms with Crippen LogP contribution in [0, 0.1) is 11.7 Å². The Labute approximate surface area is 149 Å². The van der Waals surface area contributed by atoms with Crippen LogP contribution in [0.25, 0.3) is 32.9 Å². The van der Waals surface area contributed by atoms with E-state index in [1.165, 1.54) is 6.07 Å². The predicted octanol–water partition coefficient (Wildman–Crippen LogP) is 4.87. The predicted molar refractivity (Wildman–Crippen MR) is 100 cm³/mol. The van der Waals surface area contributed by atoms with Crippen LogP contribution >= 0.6 is 0 Å². The topological polar surface area (TPSA) is 57.8 Å². The molecule has 3 aromatic carbocycles. The standard InChI is InChI=1S/C21H16FN3O/c22-18-11-16(23-21(26)13-6-7-13)10-17-19(24-25-20(17)18)15-8-5-12-3-1-2-4-14(12)9-15/h1-5,8-11,13H,6-7H2,(H,23,26)(H,24,25). The molecular formula is C21H16FN3O. The van der Waals surface area contributed by atoms with E-state index in [0.717, 1.165) is 29.2 Å². The van der Waals surface area contributed by atoms with Gasteiger partial charge in [-0.1, -0.05) is 36.4 Å². The van der Waals surface area contributed by atoms with Gasteiger partial charge in [-0.2, -0.15) is 5.10 Å². The number of anilines is 1. The van der Waals surface area contributed by atoms with Gasteiger partial charge in [-0.15, -0.1) is 0 Å². The van der Waals surface area contributed by atoms with Gasteiger partial charge in [0, 0.05) is 22.6 Å². The number of nitrogens with one attached hydrogen (secondary N) is 2. The highest BCUT2D eigenvalue weighted by Crippen LogP contribution is 2.34. The van der Waals surface area contributed by atoms with Crippen LogP contribution in [0.1, 0.15) is 12.8 Å². The fourth-order valence-electron chi connectivity index (χ4n) is 3.30. The lowest BCUT2D eigenvalue weighted by molar-refractivity contribution is -0.117. The van der Waals surface area contributed by atoms with Gasteiger partial charge in [0.25, 0.3) is 0 Å². The highest BCUT2D eigenvalue weighted by atomic mass is 19.1. The number of nitrogens with zero attached hydrogens (tertiary/aromatic N) is 1. The van der Waals surface area contributed by atoms with E-state index in [4.69, 9.17) is 0 Å². The minimum Gasteiger partial charge on any atom is -0.326 e. The summed E-state index contributed by atoms with van der Waals surface area (Å²) in [5.74, 6) is -0.397. The Morgan fingerprint density at radius 2 is 1.88 bits per heavy atom. The lowest BCUT2D eigenvalue weighted by Gasteiger charge is -2.06. The lowest BCUT2D eigenvalue weighted by Crippen LogP contribution is -2.13. The molecule has 0 unspecified atom stereocenters. The molecule has 128 valence electrons. The minimum atomic E-state index is -0.423. The number of carbonyl (C=O) groups is 1. The fourth-order valence-corrected chi connectivity index (χ4v) is 3.30. The first-order valence-corrected chi connectivity index (χ1v) is 8.67. The third-order valence-corrected chi connectivity index (χ3v) is 4.86. The van der Waals surface area contributed by atoms with Crippen molar-refractivity contribution >= 4 is 33.3 Å². The van der Waals surface area contributed by atoms with E-state index in [1.807, 2.05) is 42.5 Å². The Morgan fingerprint density at radius 1 is 1.08 bits per heavy atom. The number of amides is 1. The second-order valence-electron chi connectivity index (χ2n) is 6.78. The molecule has 1 saturated carbocycles. The number of H-pyrrole nitrogens is 1. The van der Waals surface area contributed by atoms with Crippen molar-refractivity contribution in [1.29, 1.82) is 0 Å². The molecule has 0 aliphatic heterocycles. The molecule has 1 fully saturated rings. The Balaban J connectivity index is 1.62. The minimum absolute atomic E-state index is 0.0421. The Bertz CT molecular complexity index is 1160. The van der Waals surface area contributed by atoms with Gasteiger partial charge in [-0.05, 0) is 41.8 Å². The zero-order valence-corrected chi connectivity index (χ0v) is 13.9. The number of rotatable bonds is 3. The molecule has 1 amide bonds. The van der Waals surface area contributed by atoms with Crippen molar-refractivity contribution in [2.24, 2.45) is 5.92 Å². The van der Waals surface area contributed by atoms with E-state index in [-0.39, 0.29) is 11.8 Å². The van der Waals surface area contributed by atoms with Gasteiger partial charge in [0.05, 0.1) is 0 Å². The van der Waals surface area contributed by atoms with E-state index in [0.29, 0.717) is 22.3 Å². The summed E-state index contributed by atoms with van der Waals surface area (Å²) in [5, 5.41) is 12.8. The maximum Gasteiger partial charge on any atom is 0.227 e. The fraction of sp³-hybridized carbons (Fsp3) is 0.143. The second kappa shape index (κ2) is 5.66. The highest BCUT2D eigenvalue weighted by Gasteiger charge is 2.29. The number of carbonyl (C=O) groups excluding carboxylic acids is 1. The van der Waals surface area contributed by atoms with Crippen molar-refractivity contribution in [3.8, 4) is 11.3 Å². The van der Waals surface area contributed by atoms with Crippen LogP contribution in [0.5, 0.6) is 0 Å². The van der Waals surface area contributed by atoms with Crippen LogP contribution in [-0.2, 0) is 4.79 Å². The van der Waals surface area contributed by atoms with Crippen molar-refractivity contribution in [1.82, 2.24) is 10.2 Å². The monoisotopic (exact) mass is 345 g/mol. The van der Waals surface area contributed by atoms with Gasteiger partial charge in [0.1, 0.15) is 11.2 Å². The smallest absolute Gasteiger partial charge is 0.227 e. The van der Waals surface area contributed by atoms with E-state index < -0.39 is 5.82 Å². The Kier molecular flexibility index (Phi) is 3.28. The summed E-state index contributed by atoms with van der Waals surface area (Å²) in [6.45, 7) is 0. The van der Waals surface area contributed by atoms with E-state index in [2.05, 4.69) is 15.5 Å². The summed E-state index contributed by atoms with van der Waals surface area (Å²) in [6.07, 6.45) is 1.81. The largest absolute Gasteiger partial charge is 0.326 e. The maximum absolute atomic E-state index is 14.5. The molecule has 26 heavy (non-hydrogen) atoms. The number of hydrogen-bond acceptors (Lipinski definition) is 2. The van der Waals surface area contributed by atoms with E-state index >= 15 is 0 Å². The summed E-state index contributed by atoms with van der Waals surface area (Å²) in [4.78, 5) is 12.0. The van der Waals surface area contributed by atoms with Crippen molar-refractivity contribution in [2.45, 2.75) is 12.8 Å². The van der Waals surface area contributed by atoms with Crippen LogP contribution in [0.3, 0.4) is 0 Å². The molecule has 1 aromatic heterocycles. The summed E-state index contributed by atoms with van der Waals surface area (Å²) in [6, 6.07) is 17.2. The third kappa shape index (κ3) is 2.52. The molecule has 1 heterocycles. The molecule has 0 bridgehead atoms. The Morgan fingerprint density at radius 3 is 2.69 bits per heavy atom. The van der Waals surface area contributed by atoms with Gasteiger partial charge in [-0.3, -0.25) is 9.89 Å². The van der Waals surface area contributed by atoms with Crippen LogP contribution in [0.4, 0.5) is 10.1 Å². The number of halogens is 1. The van der Waals surface area contributed by atoms with Crippen LogP contribution < -0.4 is 5.32 Å². The molecule has 0 saturated heterocycles. The summed E-state index contributed by atoms with van der Waals surface area (Å²) in [7, 11) is 0. The average molecular weight is 345 g/mol. The summed E-state index contributed by atoms with van der Waals surface area (Å²) < 4.78 is 14.5. The summed E-state index contributed by atoms with van der Waals surface area (Å²) in [5.41, 5.74) is 2.39. The van der Waals surface area contributed by atoms with Gasteiger partial charge < -0.3 is 5.32 Å². The molecule has 4 nitrogen and oxygen atoms in total. The van der Waals surface area contributed by atoms with Crippen LogP contribution in [0.2, 0.25) is 0 Å². The van der Waals surface area contributed by atoms with Crippen molar-refractivity contribution in [3.63, 3.8) is 0 Å². The SMILES string of the molecule is O=C(Nc1cc(F)c2[nH]nc(-c3ccc4ccccc4c3)c2c1)C1CC1. The van der Waals surface area contributed by atoms with Gasteiger partial charge in [0.15, 0.2) is 5.82 Å². The van der Waals surface area contributed by atoms with Gasteiger partial charge in [-0.25, -0.2) is 4.39 Å². The molecule has 0 atom stereocenters. The molecule has 5 heteroatoms. The molecule has 5 rings (SSSR count). The van der Waals surface area contributed by atoms with Gasteiger partial charge >= 0.3 is 0 Å². The Hall–Kier alpha value is -3.21. The average Bonchev–Trinajstić information content (AvgIpc) is 3.41. The highest BCUT2D eigenvalue weighted by molar-refractivity contribution is 6.00. The molecule has 4 aromatic rings. The van der Waals surface area contributed by atoms with E-state index in [9.17, 15) is 9.18 Å². The first-order valence-electron chi connectivity index (χ1n) is 8.67. The zero-order valence-electron chi connectivity index (χ0n) is 13.9. The first kappa shape index (κ1) is 15.1. The molecule has 0 spiro atoms. The molecular weight excluding hydrogens is 329 g/mol. The first-order chi connectivity index (χ1) is 12.7. The molecule has 2 N–H and O–H groups in total. The van der Waals surface area contributed by atoms with Crippen LogP contribution in [0.15, 0.2) is 54.6 Å². The molecule has 1 aliphatic carbocycles. The van der Waals surface area contributed by atoms with Crippen molar-refractivity contribution in [3.05, 3.63) is 60.4 Å². The summed E-state index contributed by atoms with van der Waals surface area (Å²) >= 11 is 0. The molecule has 0 radical (unpaired) electrons. The molecule has 1 aliphatic rings. The lowest BCUT2D eigenvalue weighted by atomic mass is 10.0. The third-order valence-electron chi connectivity index (χ3n) is 4.86. The normalized spacial score (nSPS) is 14.0. The quantitative estimate of drug-likeness (QED) is 0.556. The number of fused-ring (bicyclic) bond motifs is 2. The van der Waals surface area contributed by atoms with Crippen LogP contribution in [-0.4, -0.2) is 16.1 Å². The number of hydrogen-bond donors (Lipinski definition) is 2. The van der Waals surface area contributed by atoms with Crippen molar-refractivity contribution in [2.75, 3.05) is 5.32 Å². The number of aromatic nitrogens is 2. The van der Waals surface area contributed by atoms with Gasteiger partial charge in [0.2, 0.25) is 5.91 Å². The van der Waals surface area contributed by atoms with E-state index in [1.54, 1.807) is 6.07 Å². The zero-order chi connectivity index (χ0) is 17.7. The second-order valence-corrected chi connectivity index (χ2v) is 6.78. The number of aromatic amines is 1. The van der Waals surface area contributed by atoms with Crippen molar-refractivity contribution < 1.29 is 9.18 Å². The number of benzene rings is 3.